The van der Waals surface area contributed by atoms with Crippen LogP contribution < -0.4 is 0 Å². The molecule has 5 heteroatoms. The third-order valence-electron chi connectivity index (χ3n) is 5.06. The van der Waals surface area contributed by atoms with Gasteiger partial charge in [-0.05, 0) is 43.2 Å². The van der Waals surface area contributed by atoms with Crippen LogP contribution in [0.15, 0.2) is 18.3 Å². The second-order valence-electron chi connectivity index (χ2n) is 6.16. The summed E-state index contributed by atoms with van der Waals surface area (Å²) in [6.45, 7) is 2.85. The van der Waals surface area contributed by atoms with Crippen molar-refractivity contribution in [2.75, 3.05) is 6.54 Å². The molecule has 4 unspecified atom stereocenters. The summed E-state index contributed by atoms with van der Waals surface area (Å²) in [5, 5.41) is 9.64. The molecule has 2 aliphatic rings. The fourth-order valence-electron chi connectivity index (χ4n) is 4.18. The smallest absolute Gasteiger partial charge is 0.321 e. The number of halogens is 1. The van der Waals surface area contributed by atoms with Crippen LogP contribution in [0.4, 0.5) is 4.39 Å². The van der Waals surface area contributed by atoms with Gasteiger partial charge < -0.3 is 5.11 Å². The van der Waals surface area contributed by atoms with Crippen LogP contribution >= 0.6 is 0 Å². The van der Waals surface area contributed by atoms with Gasteiger partial charge in [0, 0.05) is 6.54 Å². The molecule has 2 fully saturated rings. The van der Waals surface area contributed by atoms with Crippen molar-refractivity contribution in [2.45, 2.75) is 44.7 Å². The minimum Gasteiger partial charge on any atom is -0.480 e. The maximum Gasteiger partial charge on any atom is 0.321 e. The number of nitrogens with zero attached hydrogens (tertiary/aromatic N) is 2. The van der Waals surface area contributed by atoms with Crippen molar-refractivity contribution in [1.82, 2.24) is 9.88 Å². The SMILES string of the molecule is CCC(c1ccc(F)cn1)N1CC2CCCC2C1C(=O)O. The van der Waals surface area contributed by atoms with Gasteiger partial charge in [-0.25, -0.2) is 4.39 Å². The molecule has 0 aromatic carbocycles. The van der Waals surface area contributed by atoms with E-state index in [-0.39, 0.29) is 17.8 Å². The monoisotopic (exact) mass is 292 g/mol. The first-order valence-corrected chi connectivity index (χ1v) is 7.71. The molecule has 21 heavy (non-hydrogen) atoms. The molecular formula is C16H21FN2O2. The molecule has 1 aliphatic carbocycles. The van der Waals surface area contributed by atoms with Gasteiger partial charge in [-0.3, -0.25) is 14.7 Å². The Balaban J connectivity index is 1.89. The van der Waals surface area contributed by atoms with E-state index in [1.807, 2.05) is 6.92 Å². The molecule has 1 aromatic rings. The Morgan fingerprint density at radius 1 is 1.52 bits per heavy atom. The van der Waals surface area contributed by atoms with Gasteiger partial charge in [0.15, 0.2) is 0 Å². The largest absolute Gasteiger partial charge is 0.480 e. The van der Waals surface area contributed by atoms with Gasteiger partial charge in [-0.15, -0.1) is 0 Å². The Bertz CT molecular complexity index is 520. The van der Waals surface area contributed by atoms with E-state index in [2.05, 4.69) is 9.88 Å². The first-order valence-electron chi connectivity index (χ1n) is 7.71. The molecule has 1 aromatic heterocycles. The van der Waals surface area contributed by atoms with Crippen LogP contribution in [0.25, 0.3) is 0 Å². The Morgan fingerprint density at radius 2 is 2.33 bits per heavy atom. The Labute approximate surface area is 124 Å². The lowest BCUT2D eigenvalue weighted by molar-refractivity contribution is -0.144. The summed E-state index contributed by atoms with van der Waals surface area (Å²) >= 11 is 0. The summed E-state index contributed by atoms with van der Waals surface area (Å²) in [6.07, 6.45) is 5.26. The minimum absolute atomic E-state index is 0.0442. The second-order valence-corrected chi connectivity index (χ2v) is 6.16. The van der Waals surface area contributed by atoms with Crippen LogP contribution in [-0.4, -0.2) is 33.5 Å². The summed E-state index contributed by atoms with van der Waals surface area (Å²) in [6, 6.07) is 2.61. The summed E-state index contributed by atoms with van der Waals surface area (Å²) < 4.78 is 13.1. The number of pyridine rings is 1. The predicted octanol–water partition coefficient (Wildman–Crippen LogP) is 2.86. The van der Waals surface area contributed by atoms with Crippen molar-refractivity contribution >= 4 is 5.97 Å². The minimum atomic E-state index is -0.732. The summed E-state index contributed by atoms with van der Waals surface area (Å²) in [5.41, 5.74) is 0.769. The van der Waals surface area contributed by atoms with Crippen molar-refractivity contribution < 1.29 is 14.3 Å². The molecular weight excluding hydrogens is 271 g/mol. The number of likely N-dealkylation sites (tertiary alicyclic amines) is 1. The molecule has 3 rings (SSSR count). The highest BCUT2D eigenvalue weighted by atomic mass is 19.1. The van der Waals surface area contributed by atoms with E-state index in [0.717, 1.165) is 37.9 Å². The average Bonchev–Trinajstić information content (AvgIpc) is 3.01. The number of fused-ring (bicyclic) bond motifs is 1. The first-order chi connectivity index (χ1) is 10.1. The van der Waals surface area contributed by atoms with E-state index >= 15 is 0 Å². The van der Waals surface area contributed by atoms with Crippen molar-refractivity contribution in [3.05, 3.63) is 29.8 Å². The van der Waals surface area contributed by atoms with Gasteiger partial charge in [0.1, 0.15) is 11.9 Å². The molecule has 1 saturated heterocycles. The van der Waals surface area contributed by atoms with E-state index in [0.29, 0.717) is 5.92 Å². The van der Waals surface area contributed by atoms with Gasteiger partial charge in [-0.1, -0.05) is 13.3 Å². The van der Waals surface area contributed by atoms with E-state index in [9.17, 15) is 14.3 Å². The van der Waals surface area contributed by atoms with Crippen LogP contribution in [0, 0.1) is 17.7 Å². The zero-order valence-corrected chi connectivity index (χ0v) is 12.2. The Kier molecular flexibility index (Phi) is 3.93. The predicted molar refractivity (Wildman–Crippen MR) is 76.2 cm³/mol. The molecule has 4 nitrogen and oxygen atoms in total. The lowest BCUT2D eigenvalue weighted by Gasteiger charge is -2.31. The Hall–Kier alpha value is -1.49. The first kappa shape index (κ1) is 14.4. The Morgan fingerprint density at radius 3 is 2.95 bits per heavy atom. The quantitative estimate of drug-likeness (QED) is 0.927. The van der Waals surface area contributed by atoms with E-state index in [1.165, 1.54) is 12.3 Å². The van der Waals surface area contributed by atoms with Gasteiger partial charge >= 0.3 is 5.97 Å². The van der Waals surface area contributed by atoms with Crippen LogP contribution in [0.5, 0.6) is 0 Å². The summed E-state index contributed by atoms with van der Waals surface area (Å²) in [5.74, 6) is -0.343. The van der Waals surface area contributed by atoms with Gasteiger partial charge in [-0.2, -0.15) is 0 Å². The lowest BCUT2D eigenvalue weighted by Crippen LogP contribution is -2.41. The number of hydrogen-bond acceptors (Lipinski definition) is 3. The third-order valence-corrected chi connectivity index (χ3v) is 5.06. The fraction of sp³-hybridized carbons (Fsp3) is 0.625. The maximum atomic E-state index is 13.1. The van der Waals surface area contributed by atoms with Crippen molar-refractivity contribution in [3.8, 4) is 0 Å². The van der Waals surface area contributed by atoms with Crippen LogP contribution in [0.3, 0.4) is 0 Å². The van der Waals surface area contributed by atoms with E-state index in [1.54, 1.807) is 6.07 Å². The topological polar surface area (TPSA) is 53.4 Å². The normalized spacial score (nSPS) is 30.3. The molecule has 0 radical (unpaired) electrons. The molecule has 114 valence electrons. The number of hydrogen-bond donors (Lipinski definition) is 1. The van der Waals surface area contributed by atoms with Crippen LogP contribution in [0.1, 0.15) is 44.3 Å². The number of rotatable bonds is 4. The van der Waals surface area contributed by atoms with E-state index in [4.69, 9.17) is 0 Å². The summed E-state index contributed by atoms with van der Waals surface area (Å²) in [7, 11) is 0. The zero-order chi connectivity index (χ0) is 15.0. The number of carboxylic acid groups (broad SMARTS) is 1. The lowest BCUT2D eigenvalue weighted by atomic mass is 9.94. The van der Waals surface area contributed by atoms with Crippen LogP contribution in [-0.2, 0) is 4.79 Å². The molecule has 0 bridgehead atoms. The second kappa shape index (κ2) is 5.72. The van der Waals surface area contributed by atoms with Gasteiger partial charge in [0.05, 0.1) is 17.9 Å². The highest BCUT2D eigenvalue weighted by molar-refractivity contribution is 5.74. The number of carboxylic acids is 1. The molecule has 0 spiro atoms. The van der Waals surface area contributed by atoms with Crippen molar-refractivity contribution in [3.63, 3.8) is 0 Å². The molecule has 1 N–H and O–H groups in total. The number of aliphatic carboxylic acids is 1. The highest BCUT2D eigenvalue weighted by Gasteiger charge is 2.49. The maximum absolute atomic E-state index is 13.1. The average molecular weight is 292 g/mol. The van der Waals surface area contributed by atoms with E-state index < -0.39 is 12.0 Å². The molecule has 0 amide bonds. The third kappa shape index (κ3) is 2.55. The molecule has 4 atom stereocenters. The standard InChI is InChI=1S/C16H21FN2O2/c1-2-14(13-7-6-11(17)8-18-13)19-9-10-4-3-5-12(10)15(19)16(20)21/h6-8,10,12,14-15H,2-5,9H2,1H3,(H,20,21). The van der Waals surface area contributed by atoms with Gasteiger partial charge in [0.2, 0.25) is 0 Å². The zero-order valence-electron chi connectivity index (χ0n) is 12.2. The van der Waals surface area contributed by atoms with Crippen molar-refractivity contribution in [1.29, 1.82) is 0 Å². The number of carbonyl (C=O) groups is 1. The summed E-state index contributed by atoms with van der Waals surface area (Å²) in [4.78, 5) is 18.0. The van der Waals surface area contributed by atoms with Crippen LogP contribution in [0.2, 0.25) is 0 Å². The molecule has 1 aliphatic heterocycles. The highest BCUT2D eigenvalue weighted by Crippen LogP contribution is 2.45. The molecule has 2 heterocycles. The molecule has 1 saturated carbocycles. The van der Waals surface area contributed by atoms with Gasteiger partial charge in [0.25, 0.3) is 0 Å². The van der Waals surface area contributed by atoms with Crippen molar-refractivity contribution in [2.24, 2.45) is 11.8 Å². The number of aromatic nitrogens is 1. The fourth-order valence-corrected chi connectivity index (χ4v) is 4.18.